The first-order chi connectivity index (χ1) is 10.1. The van der Waals surface area contributed by atoms with Crippen LogP contribution >= 0.6 is 0 Å². The van der Waals surface area contributed by atoms with Gasteiger partial charge in [-0.2, -0.15) is 0 Å². The number of aryl methyl sites for hydroxylation is 1. The minimum Gasteiger partial charge on any atom is -0.481 e. The highest BCUT2D eigenvalue weighted by Gasteiger charge is 2.27. The Bertz CT molecular complexity index is 512. The van der Waals surface area contributed by atoms with Crippen LogP contribution in [-0.2, 0) is 9.53 Å². The van der Waals surface area contributed by atoms with E-state index >= 15 is 0 Å². The lowest BCUT2D eigenvalue weighted by molar-refractivity contribution is -0.137. The van der Waals surface area contributed by atoms with E-state index in [1.54, 1.807) is 23.4 Å². The predicted octanol–water partition coefficient (Wildman–Crippen LogP) is 1.49. The Morgan fingerprint density at radius 1 is 1.43 bits per heavy atom. The molecule has 1 amide bonds. The van der Waals surface area contributed by atoms with Crippen molar-refractivity contribution in [1.29, 1.82) is 0 Å². The first-order valence-electron chi connectivity index (χ1n) is 7.10. The summed E-state index contributed by atoms with van der Waals surface area (Å²) in [5.74, 6) is -1.02. The molecule has 0 spiro atoms. The second-order valence-electron chi connectivity index (χ2n) is 5.18. The van der Waals surface area contributed by atoms with Gasteiger partial charge in [0.15, 0.2) is 0 Å². The number of carbonyl (C=O) groups is 2. The fraction of sp³-hybridized carbons (Fsp3) is 0.533. The van der Waals surface area contributed by atoms with Crippen LogP contribution in [0.2, 0.25) is 0 Å². The van der Waals surface area contributed by atoms with E-state index in [0.717, 1.165) is 18.4 Å². The summed E-state index contributed by atoms with van der Waals surface area (Å²) in [5, 5.41) is 8.90. The highest BCUT2D eigenvalue weighted by atomic mass is 16.5. The normalized spacial score (nSPS) is 15.7. The minimum atomic E-state index is -0.897. The van der Waals surface area contributed by atoms with Gasteiger partial charge < -0.3 is 14.7 Å². The summed E-state index contributed by atoms with van der Waals surface area (Å²) in [6, 6.07) is 1.73. The summed E-state index contributed by atoms with van der Waals surface area (Å²) in [7, 11) is 0. The molecule has 1 aliphatic rings. The molecule has 6 heteroatoms. The van der Waals surface area contributed by atoms with Crippen molar-refractivity contribution in [3.63, 3.8) is 0 Å². The van der Waals surface area contributed by atoms with Crippen LogP contribution in [0.25, 0.3) is 0 Å². The Balaban J connectivity index is 2.18. The largest absolute Gasteiger partial charge is 0.481 e. The van der Waals surface area contributed by atoms with Crippen molar-refractivity contribution in [3.8, 4) is 0 Å². The van der Waals surface area contributed by atoms with Gasteiger partial charge in [0.2, 0.25) is 0 Å². The SMILES string of the molecule is Cc1cnccc1C(=O)N(CCC(=O)O)C1CCOCC1. The minimum absolute atomic E-state index is 0.0400. The third kappa shape index (κ3) is 4.01. The summed E-state index contributed by atoms with van der Waals surface area (Å²) in [5.41, 5.74) is 1.39. The number of carboxylic acids is 1. The Hall–Kier alpha value is -1.95. The molecule has 1 aliphatic heterocycles. The quantitative estimate of drug-likeness (QED) is 0.889. The number of carboxylic acid groups (broad SMARTS) is 1. The van der Waals surface area contributed by atoms with Crippen LogP contribution in [0.1, 0.15) is 35.2 Å². The van der Waals surface area contributed by atoms with Crippen molar-refractivity contribution >= 4 is 11.9 Å². The molecule has 2 rings (SSSR count). The molecular formula is C15H20N2O4. The molecule has 0 radical (unpaired) electrons. The van der Waals surface area contributed by atoms with Crippen molar-refractivity contribution in [2.24, 2.45) is 0 Å². The average molecular weight is 292 g/mol. The number of aliphatic carboxylic acids is 1. The molecule has 0 aromatic carbocycles. The number of carbonyl (C=O) groups excluding carboxylic acids is 1. The highest BCUT2D eigenvalue weighted by Crippen LogP contribution is 2.19. The van der Waals surface area contributed by atoms with E-state index in [1.807, 2.05) is 6.92 Å². The number of hydrogen-bond donors (Lipinski definition) is 1. The van der Waals surface area contributed by atoms with Gasteiger partial charge in [-0.15, -0.1) is 0 Å². The Labute approximate surface area is 123 Å². The lowest BCUT2D eigenvalue weighted by Gasteiger charge is -2.34. The molecule has 0 aliphatic carbocycles. The molecule has 1 fully saturated rings. The van der Waals surface area contributed by atoms with Crippen LogP contribution in [0, 0.1) is 6.92 Å². The number of hydrogen-bond acceptors (Lipinski definition) is 4. The first kappa shape index (κ1) is 15.4. The highest BCUT2D eigenvalue weighted by molar-refractivity contribution is 5.95. The molecule has 0 unspecified atom stereocenters. The van der Waals surface area contributed by atoms with Crippen molar-refractivity contribution in [1.82, 2.24) is 9.88 Å². The van der Waals surface area contributed by atoms with E-state index in [1.165, 1.54) is 0 Å². The average Bonchev–Trinajstić information content (AvgIpc) is 2.48. The number of nitrogens with zero attached hydrogens (tertiary/aromatic N) is 2. The predicted molar refractivity (Wildman–Crippen MR) is 76.1 cm³/mol. The molecule has 0 atom stereocenters. The van der Waals surface area contributed by atoms with Gasteiger partial charge in [-0.25, -0.2) is 0 Å². The lowest BCUT2D eigenvalue weighted by atomic mass is 10.0. The summed E-state index contributed by atoms with van der Waals surface area (Å²) < 4.78 is 5.32. The zero-order valence-corrected chi connectivity index (χ0v) is 12.1. The topological polar surface area (TPSA) is 79.7 Å². The smallest absolute Gasteiger partial charge is 0.305 e. The number of aromatic nitrogens is 1. The van der Waals surface area contributed by atoms with Crippen LogP contribution in [0.4, 0.5) is 0 Å². The maximum absolute atomic E-state index is 12.7. The zero-order valence-electron chi connectivity index (χ0n) is 12.1. The molecule has 0 bridgehead atoms. The molecule has 2 heterocycles. The number of ether oxygens (including phenoxy) is 1. The Morgan fingerprint density at radius 3 is 2.76 bits per heavy atom. The second kappa shape index (κ2) is 7.17. The Morgan fingerprint density at radius 2 is 2.14 bits per heavy atom. The van der Waals surface area contributed by atoms with Crippen LogP contribution < -0.4 is 0 Å². The molecule has 0 saturated carbocycles. The maximum atomic E-state index is 12.7. The van der Waals surface area contributed by atoms with E-state index < -0.39 is 5.97 Å². The van der Waals surface area contributed by atoms with Crippen molar-refractivity contribution < 1.29 is 19.4 Å². The summed E-state index contributed by atoms with van der Waals surface area (Å²) in [6.07, 6.45) is 4.67. The first-order valence-corrected chi connectivity index (χ1v) is 7.10. The summed E-state index contributed by atoms with van der Waals surface area (Å²) in [6.45, 7) is 3.27. The van der Waals surface area contributed by atoms with E-state index in [0.29, 0.717) is 18.8 Å². The molecular weight excluding hydrogens is 272 g/mol. The summed E-state index contributed by atoms with van der Waals surface area (Å²) in [4.78, 5) is 29.2. The van der Waals surface area contributed by atoms with Crippen LogP contribution in [0.5, 0.6) is 0 Å². The van der Waals surface area contributed by atoms with Gasteiger partial charge in [0.25, 0.3) is 5.91 Å². The third-order valence-electron chi connectivity index (χ3n) is 3.71. The number of amides is 1. The molecule has 114 valence electrons. The third-order valence-corrected chi connectivity index (χ3v) is 3.71. The molecule has 1 aromatic heterocycles. The van der Waals surface area contributed by atoms with Gasteiger partial charge in [0.05, 0.1) is 6.42 Å². The van der Waals surface area contributed by atoms with Gasteiger partial charge in [0, 0.05) is 43.8 Å². The van der Waals surface area contributed by atoms with Crippen molar-refractivity contribution in [2.45, 2.75) is 32.2 Å². The van der Waals surface area contributed by atoms with E-state index in [9.17, 15) is 9.59 Å². The van der Waals surface area contributed by atoms with Crippen LogP contribution in [0.3, 0.4) is 0 Å². The van der Waals surface area contributed by atoms with Gasteiger partial charge >= 0.3 is 5.97 Å². The number of pyridine rings is 1. The monoisotopic (exact) mass is 292 g/mol. The van der Waals surface area contributed by atoms with Gasteiger partial charge in [-0.3, -0.25) is 14.6 Å². The molecule has 1 N–H and O–H groups in total. The molecule has 21 heavy (non-hydrogen) atoms. The van der Waals surface area contributed by atoms with Crippen LogP contribution in [-0.4, -0.2) is 52.7 Å². The maximum Gasteiger partial charge on any atom is 0.305 e. The van der Waals surface area contributed by atoms with Gasteiger partial charge in [0.1, 0.15) is 0 Å². The molecule has 1 saturated heterocycles. The van der Waals surface area contributed by atoms with E-state index in [4.69, 9.17) is 9.84 Å². The fourth-order valence-electron chi connectivity index (χ4n) is 2.53. The Kier molecular flexibility index (Phi) is 5.27. The standard InChI is InChI=1S/C15H20N2O4/c1-11-10-16-6-2-13(11)15(20)17(7-3-14(18)19)12-4-8-21-9-5-12/h2,6,10,12H,3-5,7-9H2,1H3,(H,18,19). The van der Waals surface area contributed by atoms with Crippen molar-refractivity contribution in [2.75, 3.05) is 19.8 Å². The lowest BCUT2D eigenvalue weighted by Crippen LogP contribution is -2.44. The second-order valence-corrected chi connectivity index (χ2v) is 5.18. The molecule has 6 nitrogen and oxygen atoms in total. The summed E-state index contributed by atoms with van der Waals surface area (Å²) >= 11 is 0. The van der Waals surface area contributed by atoms with E-state index in [2.05, 4.69) is 4.98 Å². The van der Waals surface area contributed by atoms with Crippen LogP contribution in [0.15, 0.2) is 18.5 Å². The molecule has 1 aromatic rings. The fourth-order valence-corrected chi connectivity index (χ4v) is 2.53. The van der Waals surface area contributed by atoms with Crippen molar-refractivity contribution in [3.05, 3.63) is 29.6 Å². The van der Waals surface area contributed by atoms with E-state index in [-0.39, 0.29) is 24.9 Å². The van der Waals surface area contributed by atoms with Gasteiger partial charge in [-0.1, -0.05) is 0 Å². The number of rotatable bonds is 5. The zero-order chi connectivity index (χ0) is 15.2. The van der Waals surface area contributed by atoms with Gasteiger partial charge in [-0.05, 0) is 31.4 Å².